The van der Waals surface area contributed by atoms with Crippen LogP contribution in [-0.2, 0) is 6.54 Å². The molecule has 1 aliphatic heterocycles. The Labute approximate surface area is 207 Å². The highest BCUT2D eigenvalue weighted by Gasteiger charge is 2.21. The fraction of sp³-hybridized carbons (Fsp3) is 0.435. The molecule has 0 saturated carbocycles. The van der Waals surface area contributed by atoms with Crippen LogP contribution in [0.2, 0.25) is 5.02 Å². The van der Waals surface area contributed by atoms with Crippen molar-refractivity contribution in [3.8, 4) is 11.5 Å². The predicted octanol–water partition coefficient (Wildman–Crippen LogP) is 4.70. The van der Waals surface area contributed by atoms with E-state index in [1.165, 1.54) is 0 Å². The molecule has 2 N–H and O–H groups in total. The van der Waals surface area contributed by atoms with Crippen LogP contribution in [0, 0.1) is 0 Å². The zero-order valence-corrected chi connectivity index (χ0v) is 21.4. The first-order valence-corrected chi connectivity index (χ1v) is 10.8. The molecule has 6 nitrogen and oxygen atoms in total. The van der Waals surface area contributed by atoms with Gasteiger partial charge in [-0.05, 0) is 37.5 Å². The standard InChI is InChI=1S/C23H31ClN4O2.HI/c1-4-25-23(26-16-17-6-5-7-18(24)12-17)27-19-8-10-28(11-9-19)20-13-21(29-2)15-22(14-20)30-3;/h5-7,12-15,19H,4,8-11,16H2,1-3H3,(H2,25,26,27);1H. The van der Waals surface area contributed by atoms with E-state index in [1.807, 2.05) is 30.3 Å². The Kier molecular flexibility index (Phi) is 10.5. The van der Waals surface area contributed by atoms with Crippen LogP contribution in [0.25, 0.3) is 0 Å². The molecule has 31 heavy (non-hydrogen) atoms. The van der Waals surface area contributed by atoms with Gasteiger partial charge in [0.15, 0.2) is 5.96 Å². The van der Waals surface area contributed by atoms with Crippen LogP contribution in [0.3, 0.4) is 0 Å². The minimum atomic E-state index is 0. The van der Waals surface area contributed by atoms with Crippen molar-refractivity contribution in [3.63, 3.8) is 0 Å². The molecule has 1 fully saturated rings. The monoisotopic (exact) mass is 558 g/mol. The van der Waals surface area contributed by atoms with E-state index < -0.39 is 0 Å². The zero-order valence-electron chi connectivity index (χ0n) is 18.4. The normalized spacial score (nSPS) is 14.6. The second-order valence-corrected chi connectivity index (χ2v) is 7.74. The summed E-state index contributed by atoms with van der Waals surface area (Å²) in [4.78, 5) is 7.10. The lowest BCUT2D eigenvalue weighted by molar-refractivity contribution is 0.393. The van der Waals surface area contributed by atoms with Gasteiger partial charge in [0.2, 0.25) is 0 Å². The maximum absolute atomic E-state index is 6.08. The van der Waals surface area contributed by atoms with E-state index in [4.69, 9.17) is 26.1 Å². The lowest BCUT2D eigenvalue weighted by Gasteiger charge is -2.34. The minimum Gasteiger partial charge on any atom is -0.497 e. The van der Waals surface area contributed by atoms with Crippen molar-refractivity contribution in [1.82, 2.24) is 10.6 Å². The van der Waals surface area contributed by atoms with Crippen LogP contribution in [-0.4, -0.2) is 45.9 Å². The highest BCUT2D eigenvalue weighted by atomic mass is 127. The topological polar surface area (TPSA) is 58.1 Å². The summed E-state index contributed by atoms with van der Waals surface area (Å²) < 4.78 is 10.8. The lowest BCUT2D eigenvalue weighted by Crippen LogP contribution is -2.48. The van der Waals surface area contributed by atoms with Crippen molar-refractivity contribution >= 4 is 47.2 Å². The van der Waals surface area contributed by atoms with Crippen molar-refractivity contribution in [2.75, 3.05) is 38.8 Å². The van der Waals surface area contributed by atoms with Crippen molar-refractivity contribution in [2.24, 2.45) is 4.99 Å². The second-order valence-electron chi connectivity index (χ2n) is 7.30. The van der Waals surface area contributed by atoms with Crippen LogP contribution in [0.5, 0.6) is 11.5 Å². The smallest absolute Gasteiger partial charge is 0.191 e. The van der Waals surface area contributed by atoms with Gasteiger partial charge in [0.1, 0.15) is 11.5 Å². The van der Waals surface area contributed by atoms with Crippen LogP contribution in [0.1, 0.15) is 25.3 Å². The average molecular weight is 559 g/mol. The van der Waals surface area contributed by atoms with E-state index in [0.29, 0.717) is 12.6 Å². The van der Waals surface area contributed by atoms with E-state index in [2.05, 4.69) is 34.6 Å². The third-order valence-electron chi connectivity index (χ3n) is 5.19. The van der Waals surface area contributed by atoms with Gasteiger partial charge in [0.25, 0.3) is 0 Å². The summed E-state index contributed by atoms with van der Waals surface area (Å²) in [6.07, 6.45) is 2.06. The number of halogens is 2. The summed E-state index contributed by atoms with van der Waals surface area (Å²) in [6.45, 7) is 5.42. The number of methoxy groups -OCH3 is 2. The molecule has 0 aliphatic carbocycles. The third-order valence-corrected chi connectivity index (χ3v) is 5.43. The largest absolute Gasteiger partial charge is 0.497 e. The van der Waals surface area contributed by atoms with Gasteiger partial charge in [-0.1, -0.05) is 23.7 Å². The average Bonchev–Trinajstić information content (AvgIpc) is 2.77. The summed E-state index contributed by atoms with van der Waals surface area (Å²) >= 11 is 6.08. The number of nitrogens with one attached hydrogen (secondary N) is 2. The molecular formula is C23H32ClIN4O2. The van der Waals surface area contributed by atoms with Gasteiger partial charge >= 0.3 is 0 Å². The molecule has 0 unspecified atom stereocenters. The van der Waals surface area contributed by atoms with Gasteiger partial charge in [-0.15, -0.1) is 24.0 Å². The Bertz CT molecular complexity index is 835. The highest BCUT2D eigenvalue weighted by molar-refractivity contribution is 14.0. The Balaban J connectivity index is 0.00000341. The van der Waals surface area contributed by atoms with Crippen LogP contribution < -0.4 is 25.0 Å². The number of guanidine groups is 1. The molecule has 170 valence electrons. The molecule has 1 saturated heterocycles. The molecule has 8 heteroatoms. The Morgan fingerprint density at radius 1 is 1.10 bits per heavy atom. The van der Waals surface area contributed by atoms with E-state index >= 15 is 0 Å². The molecule has 0 spiro atoms. The fourth-order valence-electron chi connectivity index (χ4n) is 3.58. The number of hydrogen-bond donors (Lipinski definition) is 2. The van der Waals surface area contributed by atoms with Gasteiger partial charge in [-0.2, -0.15) is 0 Å². The number of benzene rings is 2. The number of aliphatic imine (C=N–C) groups is 1. The molecule has 2 aromatic carbocycles. The lowest BCUT2D eigenvalue weighted by atomic mass is 10.0. The van der Waals surface area contributed by atoms with E-state index in [0.717, 1.165) is 66.2 Å². The van der Waals surface area contributed by atoms with Crippen LogP contribution in [0.4, 0.5) is 5.69 Å². The summed E-state index contributed by atoms with van der Waals surface area (Å²) in [7, 11) is 3.36. The van der Waals surface area contributed by atoms with Crippen molar-refractivity contribution in [2.45, 2.75) is 32.4 Å². The molecule has 0 radical (unpaired) electrons. The van der Waals surface area contributed by atoms with E-state index in [9.17, 15) is 0 Å². The zero-order chi connectivity index (χ0) is 21.3. The SMILES string of the molecule is CCNC(=NCc1cccc(Cl)c1)NC1CCN(c2cc(OC)cc(OC)c2)CC1.I. The first-order chi connectivity index (χ1) is 14.6. The number of piperidine rings is 1. The Morgan fingerprint density at radius 3 is 2.35 bits per heavy atom. The molecule has 1 aliphatic rings. The fourth-order valence-corrected chi connectivity index (χ4v) is 3.79. The summed E-state index contributed by atoms with van der Waals surface area (Å²) in [5.41, 5.74) is 2.23. The Hall–Kier alpha value is -1.87. The molecule has 0 atom stereocenters. The number of hydrogen-bond acceptors (Lipinski definition) is 4. The first-order valence-electron chi connectivity index (χ1n) is 10.4. The van der Waals surface area contributed by atoms with Crippen LogP contribution >= 0.6 is 35.6 Å². The molecule has 2 aromatic rings. The number of anilines is 1. The van der Waals surface area contributed by atoms with Crippen molar-refractivity contribution in [1.29, 1.82) is 0 Å². The number of nitrogens with zero attached hydrogens (tertiary/aromatic N) is 2. The summed E-state index contributed by atoms with van der Waals surface area (Å²) in [6, 6.07) is 14.2. The quantitative estimate of drug-likeness (QED) is 0.293. The number of ether oxygens (including phenoxy) is 2. The first kappa shape index (κ1) is 25.4. The molecule has 3 rings (SSSR count). The van der Waals surface area contributed by atoms with Gasteiger partial charge in [-0.25, -0.2) is 4.99 Å². The second kappa shape index (κ2) is 12.9. The predicted molar refractivity (Wildman–Crippen MR) is 140 cm³/mol. The maximum atomic E-state index is 6.08. The van der Waals surface area contributed by atoms with Gasteiger partial charge < -0.3 is 25.0 Å². The molecular weight excluding hydrogens is 527 g/mol. The van der Waals surface area contributed by atoms with Crippen molar-refractivity contribution < 1.29 is 9.47 Å². The molecule has 0 bridgehead atoms. The maximum Gasteiger partial charge on any atom is 0.191 e. The minimum absolute atomic E-state index is 0. The number of rotatable bonds is 7. The van der Waals surface area contributed by atoms with Gasteiger partial charge in [0.05, 0.1) is 20.8 Å². The third kappa shape index (κ3) is 7.64. The van der Waals surface area contributed by atoms with E-state index in [1.54, 1.807) is 14.2 Å². The van der Waals surface area contributed by atoms with Gasteiger partial charge in [0, 0.05) is 54.6 Å². The van der Waals surface area contributed by atoms with E-state index in [-0.39, 0.29) is 24.0 Å². The summed E-state index contributed by atoms with van der Waals surface area (Å²) in [5.74, 6) is 2.47. The molecule has 0 aromatic heterocycles. The van der Waals surface area contributed by atoms with Gasteiger partial charge in [-0.3, -0.25) is 0 Å². The molecule has 0 amide bonds. The summed E-state index contributed by atoms with van der Waals surface area (Å²) in [5, 5.41) is 7.67. The van der Waals surface area contributed by atoms with Crippen molar-refractivity contribution in [3.05, 3.63) is 53.1 Å². The molecule has 1 heterocycles. The highest BCUT2D eigenvalue weighted by Crippen LogP contribution is 2.30. The Morgan fingerprint density at radius 2 is 1.77 bits per heavy atom. The van der Waals surface area contributed by atoms with Crippen LogP contribution in [0.15, 0.2) is 47.5 Å².